The zero-order valence-electron chi connectivity index (χ0n) is 25.2. The van der Waals surface area contributed by atoms with Crippen LogP contribution in [-0.4, -0.2) is 75.7 Å². The molecule has 1 aromatic carbocycles. The van der Waals surface area contributed by atoms with Gasteiger partial charge in [-0.2, -0.15) is 0 Å². The van der Waals surface area contributed by atoms with E-state index in [0.717, 1.165) is 12.5 Å². The molecule has 0 bridgehead atoms. The number of rotatable bonds is 7. The number of fused-ring (bicyclic) bond motifs is 4. The van der Waals surface area contributed by atoms with E-state index < -0.39 is 63.8 Å². The van der Waals surface area contributed by atoms with Crippen molar-refractivity contribution >= 4 is 23.2 Å². The Kier molecular flexibility index (Phi) is 7.67. The number of nitrogens with one attached hydrogen (secondary N) is 1. The highest BCUT2D eigenvalue weighted by atomic mass is 19.1. The van der Waals surface area contributed by atoms with E-state index in [1.54, 1.807) is 19.0 Å². The molecule has 5 rings (SSSR count). The van der Waals surface area contributed by atoms with E-state index in [0.29, 0.717) is 6.42 Å². The Bertz CT molecular complexity index is 1540. The molecule has 3 aliphatic carbocycles. The van der Waals surface area contributed by atoms with Crippen molar-refractivity contribution in [1.29, 1.82) is 0 Å². The molecule has 4 atom stereocenters. The molecular weight excluding hydrogens is 561 g/mol. The van der Waals surface area contributed by atoms with Crippen LogP contribution in [-0.2, 0) is 11.2 Å². The third-order valence-electron chi connectivity index (χ3n) is 8.58. The van der Waals surface area contributed by atoms with Gasteiger partial charge >= 0.3 is 0 Å². The summed E-state index contributed by atoms with van der Waals surface area (Å²) in [6.07, 6.45) is 1.58. The fourth-order valence-electron chi connectivity index (χ4n) is 6.51. The van der Waals surface area contributed by atoms with E-state index >= 15 is 4.39 Å². The quantitative estimate of drug-likeness (QED) is 0.272. The zero-order valence-corrected chi connectivity index (χ0v) is 25.2. The normalized spacial score (nSPS) is 24.8. The Balaban J connectivity index is 1.61. The molecular formula is C31H38FN3O8. The van der Waals surface area contributed by atoms with E-state index in [1.165, 1.54) is 0 Å². The van der Waals surface area contributed by atoms with Gasteiger partial charge in [0.05, 0.1) is 18.2 Å². The Labute approximate surface area is 248 Å². The van der Waals surface area contributed by atoms with E-state index in [2.05, 4.69) is 10.5 Å². The number of halogens is 1. The standard InChI is InChI=1S/C31H38FN3O8/c1-7-8-9-42-29-21-25(43-34-29)22(35(5)6)16-11-14-10-15-12-17(32)20(28(40)33-13-30(2,3)4)24(37)18(15)23(36)19(14)26(38)31(16,41)27(21)39/h12,14,16,22,36-37,41H,7-11,13H2,1-6H3,(H,33,40)/t14-,16-,22-,31-/m0/s1. The number of hydrogen-bond acceptors (Lipinski definition) is 10. The summed E-state index contributed by atoms with van der Waals surface area (Å²) < 4.78 is 26.5. The Morgan fingerprint density at radius 3 is 2.56 bits per heavy atom. The van der Waals surface area contributed by atoms with Gasteiger partial charge in [-0.1, -0.05) is 34.1 Å². The number of ether oxygens (including phenoxy) is 1. The molecule has 1 saturated carbocycles. The minimum absolute atomic E-state index is 0.0183. The van der Waals surface area contributed by atoms with Gasteiger partial charge in [0.25, 0.3) is 11.8 Å². The van der Waals surface area contributed by atoms with Gasteiger partial charge in [0, 0.05) is 18.0 Å². The van der Waals surface area contributed by atoms with Crippen molar-refractivity contribution in [3.63, 3.8) is 0 Å². The molecule has 0 unspecified atom stereocenters. The second-order valence-corrected chi connectivity index (χ2v) is 13.1. The summed E-state index contributed by atoms with van der Waals surface area (Å²) in [7, 11) is 3.43. The lowest BCUT2D eigenvalue weighted by atomic mass is 9.57. The molecule has 43 heavy (non-hydrogen) atoms. The number of phenolic OH excluding ortho intramolecular Hbond substituents is 1. The van der Waals surface area contributed by atoms with Gasteiger partial charge in [0.1, 0.15) is 28.5 Å². The number of ketones is 2. The monoisotopic (exact) mass is 599 g/mol. The van der Waals surface area contributed by atoms with Crippen LogP contribution in [0.15, 0.2) is 16.2 Å². The lowest BCUT2D eigenvalue weighted by Crippen LogP contribution is -2.63. The van der Waals surface area contributed by atoms with Crippen LogP contribution in [0.5, 0.6) is 11.6 Å². The third-order valence-corrected chi connectivity index (χ3v) is 8.58. The zero-order chi connectivity index (χ0) is 31.6. The molecule has 0 radical (unpaired) electrons. The largest absolute Gasteiger partial charge is 0.507 e. The van der Waals surface area contributed by atoms with Crippen molar-refractivity contribution in [3.05, 3.63) is 45.5 Å². The van der Waals surface area contributed by atoms with Crippen LogP contribution < -0.4 is 10.1 Å². The number of hydrogen-bond donors (Lipinski definition) is 4. The maximum absolute atomic E-state index is 15.3. The number of amides is 1. The minimum Gasteiger partial charge on any atom is -0.507 e. The molecule has 11 nitrogen and oxygen atoms in total. The molecule has 232 valence electrons. The number of unbranched alkanes of at least 4 members (excludes halogenated alkanes) is 1. The first-order valence-electron chi connectivity index (χ1n) is 14.5. The smallest absolute Gasteiger partial charge is 0.265 e. The lowest BCUT2D eigenvalue weighted by molar-refractivity contribution is -0.142. The van der Waals surface area contributed by atoms with Gasteiger partial charge in [-0.25, -0.2) is 4.39 Å². The van der Waals surface area contributed by atoms with E-state index in [1.807, 2.05) is 27.7 Å². The molecule has 12 heteroatoms. The minimum atomic E-state index is -2.60. The number of Topliss-reactive ketones (excluding diaryl/α,β-unsaturated/α-hetero) is 2. The Morgan fingerprint density at radius 2 is 1.93 bits per heavy atom. The number of carbonyl (C=O) groups excluding carboxylic acids is 3. The first kappa shape index (κ1) is 30.7. The molecule has 2 aromatic rings. The van der Waals surface area contributed by atoms with Crippen LogP contribution in [0.3, 0.4) is 0 Å². The summed E-state index contributed by atoms with van der Waals surface area (Å²) in [5.41, 5.74) is -4.05. The van der Waals surface area contributed by atoms with Gasteiger partial charge in [-0.3, -0.25) is 19.3 Å². The molecule has 0 aliphatic heterocycles. The topological polar surface area (TPSA) is 162 Å². The number of benzene rings is 1. The number of phenols is 1. The number of nitrogens with zero attached hydrogens (tertiary/aromatic N) is 2. The van der Waals surface area contributed by atoms with Crippen molar-refractivity contribution in [1.82, 2.24) is 15.4 Å². The Hall–Kier alpha value is -3.77. The molecule has 0 saturated heterocycles. The van der Waals surface area contributed by atoms with E-state index in [-0.39, 0.29) is 65.3 Å². The Morgan fingerprint density at radius 1 is 1.23 bits per heavy atom. The van der Waals surface area contributed by atoms with Gasteiger partial charge in [0.2, 0.25) is 11.6 Å². The van der Waals surface area contributed by atoms with E-state index in [9.17, 15) is 29.7 Å². The molecule has 4 N–H and O–H groups in total. The van der Waals surface area contributed by atoms with Crippen LogP contribution in [0.1, 0.15) is 90.6 Å². The maximum atomic E-state index is 15.3. The van der Waals surface area contributed by atoms with Crippen molar-refractivity contribution < 1.29 is 43.4 Å². The van der Waals surface area contributed by atoms with Crippen LogP contribution >= 0.6 is 0 Å². The molecule has 1 fully saturated rings. The highest BCUT2D eigenvalue weighted by Crippen LogP contribution is 2.56. The van der Waals surface area contributed by atoms with Crippen molar-refractivity contribution in [3.8, 4) is 11.6 Å². The number of aliphatic hydroxyl groups excluding tert-OH is 1. The summed E-state index contributed by atoms with van der Waals surface area (Å²) in [4.78, 5) is 42.8. The lowest BCUT2D eigenvalue weighted by Gasteiger charge is -2.49. The van der Waals surface area contributed by atoms with Crippen molar-refractivity contribution in [2.24, 2.45) is 17.3 Å². The highest BCUT2D eigenvalue weighted by Gasteiger charge is 2.65. The number of carbonyl (C=O) groups is 3. The molecule has 3 aliphatic rings. The fraction of sp³-hybridized carbons (Fsp3) is 0.548. The van der Waals surface area contributed by atoms with Crippen LogP contribution in [0.25, 0.3) is 5.76 Å². The summed E-state index contributed by atoms with van der Waals surface area (Å²) >= 11 is 0. The molecule has 1 amide bonds. The van der Waals surface area contributed by atoms with Gasteiger partial charge in [-0.15, -0.1) is 0 Å². The van der Waals surface area contributed by atoms with Gasteiger partial charge in [-0.05, 0) is 61.5 Å². The second-order valence-electron chi connectivity index (χ2n) is 13.1. The first-order valence-corrected chi connectivity index (χ1v) is 14.5. The average Bonchev–Trinajstić information content (AvgIpc) is 3.32. The summed E-state index contributed by atoms with van der Waals surface area (Å²) in [5.74, 6) is -7.00. The molecule has 0 spiro atoms. The van der Waals surface area contributed by atoms with Crippen molar-refractivity contribution in [2.45, 2.75) is 65.0 Å². The van der Waals surface area contributed by atoms with Gasteiger partial charge in [0.15, 0.2) is 11.4 Å². The summed E-state index contributed by atoms with van der Waals surface area (Å²) in [6, 6.07) is 0.324. The second kappa shape index (κ2) is 10.7. The van der Waals surface area contributed by atoms with Crippen molar-refractivity contribution in [2.75, 3.05) is 27.2 Å². The number of aromatic nitrogens is 1. The van der Waals surface area contributed by atoms with Crippen LogP contribution in [0, 0.1) is 23.1 Å². The molecule has 1 aromatic heterocycles. The predicted molar refractivity (Wildman–Crippen MR) is 152 cm³/mol. The summed E-state index contributed by atoms with van der Waals surface area (Å²) in [5, 5.41) is 41.1. The van der Waals surface area contributed by atoms with Crippen LogP contribution in [0.2, 0.25) is 0 Å². The summed E-state index contributed by atoms with van der Waals surface area (Å²) in [6.45, 7) is 8.02. The SMILES string of the molecule is CCCCOc1noc2c1C(=O)[C@@]1(O)C(=O)C3=C(O)c4c(cc(F)c(C(=O)NCC(C)(C)C)c4O)C[C@H]3C[C@H]1[C@@H]2N(C)C. The van der Waals surface area contributed by atoms with E-state index in [4.69, 9.17) is 9.26 Å². The molecule has 1 heterocycles. The number of aromatic hydroxyl groups is 1. The fourth-order valence-corrected chi connectivity index (χ4v) is 6.51. The predicted octanol–water partition coefficient (Wildman–Crippen LogP) is 3.73. The maximum Gasteiger partial charge on any atom is 0.265 e. The third kappa shape index (κ3) is 4.80. The highest BCUT2D eigenvalue weighted by molar-refractivity contribution is 6.26. The number of aliphatic hydroxyl groups is 2. The van der Waals surface area contributed by atoms with Gasteiger partial charge < -0.3 is 29.9 Å². The average molecular weight is 600 g/mol. The van der Waals surface area contributed by atoms with Crippen LogP contribution in [0.4, 0.5) is 4.39 Å². The first-order chi connectivity index (χ1) is 20.1.